The summed E-state index contributed by atoms with van der Waals surface area (Å²) in [7, 11) is 0. The van der Waals surface area contributed by atoms with E-state index in [2.05, 4.69) is 108 Å². The maximum Gasteiger partial charge on any atom is 0.164 e. The molecular weight excluding hydrogens is 647 g/mol. The molecule has 0 aliphatic heterocycles. The number of pyridine rings is 1. The van der Waals surface area contributed by atoms with E-state index in [1.54, 1.807) is 12.4 Å². The van der Waals surface area contributed by atoms with Gasteiger partial charge in [0.2, 0.25) is 0 Å². The van der Waals surface area contributed by atoms with Crippen molar-refractivity contribution in [3.05, 3.63) is 205 Å². The van der Waals surface area contributed by atoms with Crippen LogP contribution in [0.1, 0.15) is 35.1 Å². The molecule has 0 saturated heterocycles. The van der Waals surface area contributed by atoms with Crippen molar-refractivity contribution >= 4 is 5.57 Å². The van der Waals surface area contributed by atoms with Crippen molar-refractivity contribution in [2.75, 3.05) is 0 Å². The smallest absolute Gasteiger partial charge is 0.164 e. The highest BCUT2D eigenvalue weighted by Gasteiger charge is 2.29. The lowest BCUT2D eigenvalue weighted by Gasteiger charge is -2.32. The molecule has 9 rings (SSSR count). The van der Waals surface area contributed by atoms with Crippen molar-refractivity contribution in [3.8, 4) is 56.4 Å². The Morgan fingerprint density at radius 1 is 0.509 bits per heavy atom. The van der Waals surface area contributed by atoms with Crippen LogP contribution < -0.4 is 0 Å². The highest BCUT2D eigenvalue weighted by Crippen LogP contribution is 2.45. The van der Waals surface area contributed by atoms with Crippen molar-refractivity contribution in [2.45, 2.75) is 12.8 Å². The van der Waals surface area contributed by atoms with Crippen LogP contribution in [-0.2, 0) is 0 Å². The largest absolute Gasteiger partial charge is 0.264 e. The Labute approximate surface area is 309 Å². The maximum absolute atomic E-state index is 4.95. The van der Waals surface area contributed by atoms with Crippen LogP contribution >= 0.6 is 0 Å². The molecule has 8 aromatic rings. The lowest BCUT2D eigenvalue weighted by Crippen LogP contribution is -2.17. The molecule has 5 aromatic carbocycles. The highest BCUT2D eigenvalue weighted by molar-refractivity contribution is 5.88. The molecule has 0 amide bonds. The normalized spacial score (nSPS) is 14.8. The Morgan fingerprint density at radius 2 is 1.11 bits per heavy atom. The number of benzene rings is 5. The number of aromatic nitrogens is 5. The van der Waals surface area contributed by atoms with Gasteiger partial charge in [-0.1, -0.05) is 134 Å². The van der Waals surface area contributed by atoms with E-state index < -0.39 is 0 Å². The zero-order valence-corrected chi connectivity index (χ0v) is 29.1. The first kappa shape index (κ1) is 31.9. The Balaban J connectivity index is 1.10. The molecule has 0 fully saturated rings. The third kappa shape index (κ3) is 6.39. The average Bonchev–Trinajstić information content (AvgIpc) is 3.24. The Bertz CT molecular complexity index is 2440. The number of allylic oxidation sites excluding steroid dienone is 1. The third-order valence-corrected chi connectivity index (χ3v) is 9.87. The van der Waals surface area contributed by atoms with Crippen LogP contribution in [-0.4, -0.2) is 24.9 Å². The molecule has 0 bridgehead atoms. The number of fused-ring (bicyclic) bond motifs is 1. The van der Waals surface area contributed by atoms with Gasteiger partial charge in [0.25, 0.3) is 0 Å². The first-order chi connectivity index (χ1) is 26.2. The Kier molecular flexibility index (Phi) is 8.40. The predicted molar refractivity (Wildman–Crippen MR) is 211 cm³/mol. The van der Waals surface area contributed by atoms with E-state index >= 15 is 0 Å². The summed E-state index contributed by atoms with van der Waals surface area (Å²) in [4.78, 5) is 23.5. The highest BCUT2D eigenvalue weighted by atomic mass is 15.0. The first-order valence-electron chi connectivity index (χ1n) is 17.8. The average molecular weight is 680 g/mol. The minimum atomic E-state index is 0.171. The van der Waals surface area contributed by atoms with Crippen molar-refractivity contribution in [1.82, 2.24) is 24.9 Å². The Morgan fingerprint density at radius 3 is 1.75 bits per heavy atom. The fourth-order valence-electron chi connectivity index (χ4n) is 7.33. The fourth-order valence-corrected chi connectivity index (χ4v) is 7.33. The van der Waals surface area contributed by atoms with Gasteiger partial charge in [0.15, 0.2) is 17.5 Å². The SMILES string of the molecule is CC1C=C(c2cc(-c3c#ccnc3)cc(-c3cccnc3)c2)c2ccccc2C1c1ccc(-c2nc(-c3ccccc3)nc(-c3ccccc3)n2)cc1. The van der Waals surface area contributed by atoms with Crippen LogP contribution in [0.15, 0.2) is 170 Å². The zero-order chi connectivity index (χ0) is 35.6. The van der Waals surface area contributed by atoms with E-state index in [0.29, 0.717) is 17.5 Å². The summed E-state index contributed by atoms with van der Waals surface area (Å²) in [5, 5.41) is 0. The van der Waals surface area contributed by atoms with E-state index in [9.17, 15) is 0 Å². The quantitative estimate of drug-likeness (QED) is 0.168. The van der Waals surface area contributed by atoms with E-state index in [-0.39, 0.29) is 11.8 Å². The van der Waals surface area contributed by atoms with Gasteiger partial charge in [-0.2, -0.15) is 0 Å². The molecule has 250 valence electrons. The van der Waals surface area contributed by atoms with Gasteiger partial charge in [-0.15, -0.1) is 0 Å². The molecular formula is C48H33N5. The molecule has 0 N–H and O–H groups in total. The summed E-state index contributed by atoms with van der Waals surface area (Å²) >= 11 is 0. The summed E-state index contributed by atoms with van der Waals surface area (Å²) in [6.45, 7) is 2.31. The fraction of sp³-hybridized carbons (Fsp3) is 0.0625. The Hall–Kier alpha value is -7.03. The van der Waals surface area contributed by atoms with Gasteiger partial charge in [0.1, 0.15) is 0 Å². The topological polar surface area (TPSA) is 64.5 Å². The van der Waals surface area contributed by atoms with Crippen LogP contribution in [0, 0.1) is 18.1 Å². The molecule has 2 unspecified atom stereocenters. The van der Waals surface area contributed by atoms with Crippen LogP contribution in [0.2, 0.25) is 0 Å². The van der Waals surface area contributed by atoms with Crippen LogP contribution in [0.3, 0.4) is 0 Å². The zero-order valence-electron chi connectivity index (χ0n) is 29.1. The maximum atomic E-state index is 4.95. The third-order valence-electron chi connectivity index (χ3n) is 9.87. The minimum Gasteiger partial charge on any atom is -0.264 e. The molecule has 5 heteroatoms. The molecule has 2 atom stereocenters. The van der Waals surface area contributed by atoms with E-state index in [1.807, 2.05) is 79.1 Å². The van der Waals surface area contributed by atoms with Gasteiger partial charge in [-0.3, -0.25) is 9.97 Å². The molecule has 3 aromatic heterocycles. The monoisotopic (exact) mass is 679 g/mol. The number of nitrogens with zero attached hydrogens (tertiary/aromatic N) is 5. The van der Waals surface area contributed by atoms with Gasteiger partial charge in [-0.05, 0) is 75.2 Å². The lowest BCUT2D eigenvalue weighted by molar-refractivity contribution is 0.616. The second-order valence-electron chi connectivity index (χ2n) is 13.3. The molecule has 1 aliphatic carbocycles. The molecule has 0 spiro atoms. The van der Waals surface area contributed by atoms with Crippen molar-refractivity contribution < 1.29 is 0 Å². The van der Waals surface area contributed by atoms with Gasteiger partial charge in [0, 0.05) is 46.8 Å². The van der Waals surface area contributed by atoms with E-state index in [1.165, 1.54) is 22.3 Å². The van der Waals surface area contributed by atoms with Crippen LogP contribution in [0.25, 0.3) is 62.0 Å². The second-order valence-corrected chi connectivity index (χ2v) is 13.3. The van der Waals surface area contributed by atoms with Crippen LogP contribution in [0.4, 0.5) is 0 Å². The second kappa shape index (κ2) is 13.9. The summed E-state index contributed by atoms with van der Waals surface area (Å²) in [6.07, 6.45) is 9.62. The summed E-state index contributed by atoms with van der Waals surface area (Å²) < 4.78 is 0. The van der Waals surface area contributed by atoms with Crippen LogP contribution in [0.5, 0.6) is 0 Å². The van der Waals surface area contributed by atoms with Gasteiger partial charge in [0.05, 0.1) is 11.8 Å². The molecule has 0 saturated carbocycles. The van der Waals surface area contributed by atoms with Crippen molar-refractivity contribution in [3.63, 3.8) is 0 Å². The van der Waals surface area contributed by atoms with Gasteiger partial charge >= 0.3 is 0 Å². The molecule has 0 radical (unpaired) electrons. The number of rotatable bonds is 7. The molecule has 3 heterocycles. The minimum absolute atomic E-state index is 0.171. The predicted octanol–water partition coefficient (Wildman–Crippen LogP) is 10.8. The van der Waals surface area contributed by atoms with E-state index in [4.69, 9.17) is 15.0 Å². The summed E-state index contributed by atoms with van der Waals surface area (Å²) in [6, 6.07) is 54.8. The van der Waals surface area contributed by atoms with Crippen molar-refractivity contribution in [1.29, 1.82) is 0 Å². The standard InChI is InChI=1S/C48H33N5/c1-32-26-44(41-28-39(37-16-10-24-49-30-37)27-40(29-41)38-17-11-25-50-31-38)42-18-8-9-19-43(42)45(32)33-20-22-36(23-21-33)48-52-46(34-12-4-2-5-13-34)51-47(53-48)35-14-6-3-7-15-35/h2-10,12-16,18-32,45H,1H3. The van der Waals surface area contributed by atoms with Gasteiger partial charge < -0.3 is 0 Å². The van der Waals surface area contributed by atoms with Gasteiger partial charge in [-0.25, -0.2) is 15.0 Å². The van der Waals surface area contributed by atoms with Crippen molar-refractivity contribution in [2.24, 2.45) is 5.92 Å². The van der Waals surface area contributed by atoms with E-state index in [0.717, 1.165) is 44.5 Å². The molecule has 5 nitrogen and oxygen atoms in total. The summed E-state index contributed by atoms with van der Waals surface area (Å²) in [5.41, 5.74) is 13.1. The molecule has 1 aliphatic rings. The first-order valence-corrected chi connectivity index (χ1v) is 17.8. The molecule has 53 heavy (non-hydrogen) atoms. The lowest BCUT2D eigenvalue weighted by atomic mass is 9.72. The number of hydrogen-bond acceptors (Lipinski definition) is 5. The number of hydrogen-bond donors (Lipinski definition) is 0. The summed E-state index contributed by atoms with van der Waals surface area (Å²) in [5.74, 6) is 2.35.